The van der Waals surface area contributed by atoms with Gasteiger partial charge in [-0.3, -0.25) is 0 Å². The first-order chi connectivity index (χ1) is 6.06. The third kappa shape index (κ3) is 2.74. The standard InChI is InChI=1S/C12H21N/c1-4-5-6-10-9-11(13)7-8-12(10,2)3/h1,10-11H,5-9,13H2,2-3H3. The van der Waals surface area contributed by atoms with E-state index in [9.17, 15) is 0 Å². The van der Waals surface area contributed by atoms with Crippen LogP contribution in [0.25, 0.3) is 0 Å². The van der Waals surface area contributed by atoms with Crippen LogP contribution in [0.4, 0.5) is 0 Å². The summed E-state index contributed by atoms with van der Waals surface area (Å²) in [7, 11) is 0. The third-order valence-corrected chi connectivity index (χ3v) is 3.49. The monoisotopic (exact) mass is 179 g/mol. The molecule has 2 unspecified atom stereocenters. The van der Waals surface area contributed by atoms with Crippen LogP contribution in [0.2, 0.25) is 0 Å². The summed E-state index contributed by atoms with van der Waals surface area (Å²) < 4.78 is 0. The molecule has 0 aliphatic heterocycles. The molecule has 0 bridgehead atoms. The van der Waals surface area contributed by atoms with E-state index >= 15 is 0 Å². The normalized spacial score (nSPS) is 32.5. The van der Waals surface area contributed by atoms with Crippen LogP contribution in [0.1, 0.15) is 46.0 Å². The number of hydrogen-bond acceptors (Lipinski definition) is 1. The first-order valence-electron chi connectivity index (χ1n) is 5.25. The van der Waals surface area contributed by atoms with Gasteiger partial charge in [0.25, 0.3) is 0 Å². The van der Waals surface area contributed by atoms with Crippen LogP contribution >= 0.6 is 0 Å². The van der Waals surface area contributed by atoms with Crippen molar-refractivity contribution in [3.63, 3.8) is 0 Å². The Bertz CT molecular complexity index is 200. The van der Waals surface area contributed by atoms with Gasteiger partial charge in [0.2, 0.25) is 0 Å². The zero-order valence-corrected chi connectivity index (χ0v) is 8.84. The smallest absolute Gasteiger partial charge is 0.00889 e. The van der Waals surface area contributed by atoms with Gasteiger partial charge in [0, 0.05) is 12.5 Å². The van der Waals surface area contributed by atoms with Gasteiger partial charge in [0.15, 0.2) is 0 Å². The molecular formula is C12H21N. The molecule has 2 atom stereocenters. The van der Waals surface area contributed by atoms with Crippen LogP contribution in [0.15, 0.2) is 0 Å². The predicted octanol–water partition coefficient (Wildman–Crippen LogP) is 2.55. The molecule has 2 N–H and O–H groups in total. The first-order valence-corrected chi connectivity index (χ1v) is 5.25. The van der Waals surface area contributed by atoms with E-state index < -0.39 is 0 Å². The Kier molecular flexibility index (Phi) is 3.39. The van der Waals surface area contributed by atoms with Crippen molar-refractivity contribution in [1.82, 2.24) is 0 Å². The lowest BCUT2D eigenvalue weighted by atomic mass is 9.66. The quantitative estimate of drug-likeness (QED) is 0.648. The SMILES string of the molecule is C#CCCC1CC(N)CCC1(C)C. The number of nitrogens with two attached hydrogens (primary N) is 1. The van der Waals surface area contributed by atoms with Gasteiger partial charge in [-0.25, -0.2) is 0 Å². The molecule has 1 aliphatic carbocycles. The molecule has 0 amide bonds. The fraction of sp³-hybridized carbons (Fsp3) is 0.833. The number of hydrogen-bond donors (Lipinski definition) is 1. The molecule has 1 fully saturated rings. The molecule has 1 rings (SSSR count). The molecule has 0 aromatic heterocycles. The average Bonchev–Trinajstić information content (AvgIpc) is 2.07. The topological polar surface area (TPSA) is 26.0 Å². The van der Waals surface area contributed by atoms with E-state index in [-0.39, 0.29) is 0 Å². The first kappa shape index (κ1) is 10.6. The number of terminal acetylenes is 1. The maximum Gasteiger partial charge on any atom is 0.00889 e. The van der Waals surface area contributed by atoms with Gasteiger partial charge in [-0.2, -0.15) is 0 Å². The van der Waals surface area contributed by atoms with Gasteiger partial charge in [0.05, 0.1) is 0 Å². The molecule has 13 heavy (non-hydrogen) atoms. The van der Waals surface area contributed by atoms with Crippen molar-refractivity contribution in [2.75, 3.05) is 0 Å². The summed E-state index contributed by atoms with van der Waals surface area (Å²) in [6, 6.07) is 0.413. The van der Waals surface area contributed by atoms with Crippen molar-refractivity contribution in [1.29, 1.82) is 0 Å². The Labute approximate surface area is 82.1 Å². The van der Waals surface area contributed by atoms with Crippen LogP contribution in [0, 0.1) is 23.7 Å². The summed E-state index contributed by atoms with van der Waals surface area (Å²) in [6.45, 7) is 4.69. The fourth-order valence-electron chi connectivity index (χ4n) is 2.33. The van der Waals surface area contributed by atoms with Gasteiger partial charge >= 0.3 is 0 Å². The summed E-state index contributed by atoms with van der Waals surface area (Å²) >= 11 is 0. The summed E-state index contributed by atoms with van der Waals surface area (Å²) in [4.78, 5) is 0. The predicted molar refractivity (Wildman–Crippen MR) is 57.2 cm³/mol. The highest BCUT2D eigenvalue weighted by Gasteiger charge is 2.34. The Balaban J connectivity index is 2.51. The molecule has 1 nitrogen and oxygen atoms in total. The Hall–Kier alpha value is -0.480. The maximum atomic E-state index is 5.97. The second kappa shape index (κ2) is 4.15. The van der Waals surface area contributed by atoms with Crippen molar-refractivity contribution < 1.29 is 0 Å². The fourth-order valence-corrected chi connectivity index (χ4v) is 2.33. The lowest BCUT2D eigenvalue weighted by Gasteiger charge is -2.41. The highest BCUT2D eigenvalue weighted by Crippen LogP contribution is 2.42. The van der Waals surface area contributed by atoms with E-state index in [1.807, 2.05) is 0 Å². The van der Waals surface area contributed by atoms with Crippen LogP contribution in [0.3, 0.4) is 0 Å². The van der Waals surface area contributed by atoms with Crippen molar-refractivity contribution in [2.45, 2.75) is 52.0 Å². The maximum absolute atomic E-state index is 5.97. The third-order valence-electron chi connectivity index (χ3n) is 3.49. The molecule has 0 heterocycles. The molecule has 0 spiro atoms. The highest BCUT2D eigenvalue weighted by atomic mass is 14.6. The summed E-state index contributed by atoms with van der Waals surface area (Å²) in [5, 5.41) is 0. The molecule has 0 saturated heterocycles. The van der Waals surface area contributed by atoms with Gasteiger partial charge in [-0.05, 0) is 37.0 Å². The van der Waals surface area contributed by atoms with Crippen molar-refractivity contribution >= 4 is 0 Å². The van der Waals surface area contributed by atoms with Gasteiger partial charge in [-0.1, -0.05) is 13.8 Å². The zero-order valence-electron chi connectivity index (χ0n) is 8.84. The zero-order chi connectivity index (χ0) is 9.90. The average molecular weight is 179 g/mol. The van der Waals surface area contributed by atoms with Crippen LogP contribution < -0.4 is 5.73 Å². The van der Waals surface area contributed by atoms with Gasteiger partial charge < -0.3 is 5.73 Å². The highest BCUT2D eigenvalue weighted by molar-refractivity contribution is 4.91. The van der Waals surface area contributed by atoms with Gasteiger partial charge in [0.1, 0.15) is 0 Å². The second-order valence-corrected chi connectivity index (χ2v) is 4.96. The molecule has 1 aliphatic rings. The Morgan fingerprint density at radius 3 is 2.85 bits per heavy atom. The second-order valence-electron chi connectivity index (χ2n) is 4.96. The summed E-state index contributed by atoms with van der Waals surface area (Å²) in [5.41, 5.74) is 6.42. The van der Waals surface area contributed by atoms with Gasteiger partial charge in [-0.15, -0.1) is 12.3 Å². The molecule has 1 heteroatoms. The van der Waals surface area contributed by atoms with Crippen LogP contribution in [-0.2, 0) is 0 Å². The Morgan fingerprint density at radius 1 is 1.54 bits per heavy atom. The minimum atomic E-state index is 0.413. The summed E-state index contributed by atoms with van der Waals surface area (Å²) in [6.07, 6.45) is 10.9. The van der Waals surface area contributed by atoms with Crippen molar-refractivity contribution in [3.8, 4) is 12.3 Å². The van der Waals surface area contributed by atoms with E-state index in [0.717, 1.165) is 25.2 Å². The minimum absolute atomic E-state index is 0.413. The van der Waals surface area contributed by atoms with Crippen LogP contribution in [0.5, 0.6) is 0 Å². The molecule has 1 saturated carbocycles. The lowest BCUT2D eigenvalue weighted by Crippen LogP contribution is -2.38. The molecule has 74 valence electrons. The minimum Gasteiger partial charge on any atom is -0.328 e. The molecular weight excluding hydrogens is 158 g/mol. The lowest BCUT2D eigenvalue weighted by molar-refractivity contribution is 0.117. The van der Waals surface area contributed by atoms with Crippen LogP contribution in [-0.4, -0.2) is 6.04 Å². The van der Waals surface area contributed by atoms with Crippen molar-refractivity contribution in [2.24, 2.45) is 17.1 Å². The van der Waals surface area contributed by atoms with E-state index in [1.54, 1.807) is 0 Å². The molecule has 0 aromatic carbocycles. The van der Waals surface area contributed by atoms with E-state index in [4.69, 9.17) is 12.2 Å². The van der Waals surface area contributed by atoms with E-state index in [2.05, 4.69) is 19.8 Å². The van der Waals surface area contributed by atoms with E-state index in [0.29, 0.717) is 11.5 Å². The number of rotatable bonds is 2. The van der Waals surface area contributed by atoms with Crippen molar-refractivity contribution in [3.05, 3.63) is 0 Å². The van der Waals surface area contributed by atoms with E-state index in [1.165, 1.54) is 12.8 Å². The molecule has 0 aromatic rings. The summed E-state index contributed by atoms with van der Waals surface area (Å²) in [5.74, 6) is 3.46. The molecule has 0 radical (unpaired) electrons. The largest absolute Gasteiger partial charge is 0.328 e. The Morgan fingerprint density at radius 2 is 2.23 bits per heavy atom.